The summed E-state index contributed by atoms with van der Waals surface area (Å²) < 4.78 is 0. The second-order valence-electron chi connectivity index (χ2n) is 5.94. The maximum Gasteiger partial charge on any atom is 0.00419 e. The van der Waals surface area contributed by atoms with Crippen molar-refractivity contribution >= 4 is 0 Å². The van der Waals surface area contributed by atoms with Crippen molar-refractivity contribution in [1.29, 1.82) is 0 Å². The van der Waals surface area contributed by atoms with Crippen LogP contribution in [0.2, 0.25) is 0 Å². The molecule has 0 bridgehead atoms. The monoisotopic (exact) mass is 224 g/mol. The van der Waals surface area contributed by atoms with E-state index in [0.717, 1.165) is 11.8 Å². The van der Waals surface area contributed by atoms with Crippen LogP contribution >= 0.6 is 0 Å². The quantitative estimate of drug-likeness (QED) is 0.778. The summed E-state index contributed by atoms with van der Waals surface area (Å²) in [5, 5.41) is 0. The second-order valence-corrected chi connectivity index (χ2v) is 5.94. The Morgan fingerprint density at radius 1 is 1.00 bits per heavy atom. The highest BCUT2D eigenvalue weighted by atomic mass is 15.1. The summed E-state index contributed by atoms with van der Waals surface area (Å²) in [7, 11) is 0. The molecule has 2 heteroatoms. The van der Waals surface area contributed by atoms with Crippen molar-refractivity contribution in [2.24, 2.45) is 17.6 Å². The SMILES string of the molecule is CCN(CC1CCC1)CC1CCCC(N)C1. The lowest BCUT2D eigenvalue weighted by Crippen LogP contribution is -2.39. The molecule has 0 amide bonds. The van der Waals surface area contributed by atoms with Crippen LogP contribution in [0.1, 0.15) is 51.9 Å². The Morgan fingerprint density at radius 2 is 1.62 bits per heavy atom. The lowest BCUT2D eigenvalue weighted by molar-refractivity contribution is 0.146. The Labute approximate surface area is 101 Å². The first-order valence-electron chi connectivity index (χ1n) is 7.26. The van der Waals surface area contributed by atoms with E-state index in [1.165, 1.54) is 64.6 Å². The van der Waals surface area contributed by atoms with Gasteiger partial charge in [-0.25, -0.2) is 0 Å². The van der Waals surface area contributed by atoms with E-state index in [4.69, 9.17) is 5.73 Å². The van der Waals surface area contributed by atoms with E-state index in [9.17, 15) is 0 Å². The van der Waals surface area contributed by atoms with Gasteiger partial charge in [0, 0.05) is 19.1 Å². The van der Waals surface area contributed by atoms with Gasteiger partial charge in [-0.3, -0.25) is 0 Å². The zero-order valence-corrected chi connectivity index (χ0v) is 10.8. The highest BCUT2D eigenvalue weighted by Crippen LogP contribution is 2.29. The normalized spacial score (nSPS) is 31.7. The average molecular weight is 224 g/mol. The molecule has 2 aliphatic rings. The van der Waals surface area contributed by atoms with Crippen LogP contribution in [0.25, 0.3) is 0 Å². The summed E-state index contributed by atoms with van der Waals surface area (Å²) in [5.41, 5.74) is 6.06. The molecular weight excluding hydrogens is 196 g/mol. The van der Waals surface area contributed by atoms with Gasteiger partial charge < -0.3 is 10.6 Å². The fourth-order valence-electron chi connectivity index (χ4n) is 3.24. The lowest BCUT2D eigenvalue weighted by atomic mass is 9.83. The minimum absolute atomic E-state index is 0.487. The molecule has 94 valence electrons. The number of rotatable bonds is 5. The van der Waals surface area contributed by atoms with E-state index in [1.54, 1.807) is 0 Å². The van der Waals surface area contributed by atoms with Gasteiger partial charge in [0.1, 0.15) is 0 Å². The first kappa shape index (κ1) is 12.4. The maximum absolute atomic E-state index is 6.06. The molecule has 2 atom stereocenters. The molecule has 2 unspecified atom stereocenters. The number of hydrogen-bond acceptors (Lipinski definition) is 2. The minimum atomic E-state index is 0.487. The van der Waals surface area contributed by atoms with E-state index in [1.807, 2.05) is 0 Å². The first-order valence-corrected chi connectivity index (χ1v) is 7.26. The van der Waals surface area contributed by atoms with Crippen molar-refractivity contribution in [2.45, 2.75) is 57.9 Å². The second kappa shape index (κ2) is 6.02. The summed E-state index contributed by atoms with van der Waals surface area (Å²) >= 11 is 0. The van der Waals surface area contributed by atoms with Crippen molar-refractivity contribution in [3.63, 3.8) is 0 Å². The van der Waals surface area contributed by atoms with Crippen LogP contribution in [0.5, 0.6) is 0 Å². The van der Waals surface area contributed by atoms with E-state index in [2.05, 4.69) is 11.8 Å². The third kappa shape index (κ3) is 3.46. The third-order valence-corrected chi connectivity index (χ3v) is 4.53. The zero-order chi connectivity index (χ0) is 11.4. The van der Waals surface area contributed by atoms with Crippen molar-refractivity contribution in [1.82, 2.24) is 4.90 Å². The molecule has 2 fully saturated rings. The predicted molar refractivity (Wildman–Crippen MR) is 69.4 cm³/mol. The van der Waals surface area contributed by atoms with Gasteiger partial charge in [-0.15, -0.1) is 0 Å². The van der Waals surface area contributed by atoms with Crippen LogP contribution in [0.3, 0.4) is 0 Å². The fourth-order valence-corrected chi connectivity index (χ4v) is 3.24. The molecule has 0 radical (unpaired) electrons. The average Bonchev–Trinajstić information content (AvgIpc) is 2.21. The van der Waals surface area contributed by atoms with Gasteiger partial charge in [0.2, 0.25) is 0 Å². The summed E-state index contributed by atoms with van der Waals surface area (Å²) in [5.74, 6) is 1.89. The van der Waals surface area contributed by atoms with Crippen molar-refractivity contribution < 1.29 is 0 Å². The fraction of sp³-hybridized carbons (Fsp3) is 1.00. The molecule has 0 aliphatic heterocycles. The van der Waals surface area contributed by atoms with Crippen molar-refractivity contribution in [3.8, 4) is 0 Å². The molecule has 2 aliphatic carbocycles. The highest BCUT2D eigenvalue weighted by molar-refractivity contribution is 4.79. The number of nitrogens with two attached hydrogens (primary N) is 1. The van der Waals surface area contributed by atoms with Crippen LogP contribution in [0, 0.1) is 11.8 Å². The smallest absolute Gasteiger partial charge is 0.00419 e. The van der Waals surface area contributed by atoms with Gasteiger partial charge in [-0.1, -0.05) is 19.8 Å². The Morgan fingerprint density at radius 3 is 2.19 bits per heavy atom. The molecule has 0 saturated heterocycles. The van der Waals surface area contributed by atoms with Gasteiger partial charge in [-0.05, 0) is 50.5 Å². The molecule has 0 aromatic carbocycles. The Hall–Kier alpha value is -0.0800. The van der Waals surface area contributed by atoms with Crippen LogP contribution in [-0.4, -0.2) is 30.6 Å². The summed E-state index contributed by atoms with van der Waals surface area (Å²) in [6.45, 7) is 6.19. The number of nitrogens with zero attached hydrogens (tertiary/aromatic N) is 1. The van der Waals surface area contributed by atoms with Crippen LogP contribution in [0.15, 0.2) is 0 Å². The molecule has 2 saturated carbocycles. The molecule has 16 heavy (non-hydrogen) atoms. The van der Waals surface area contributed by atoms with Gasteiger partial charge in [-0.2, -0.15) is 0 Å². The molecule has 0 heterocycles. The molecule has 2 rings (SSSR count). The van der Waals surface area contributed by atoms with Gasteiger partial charge >= 0.3 is 0 Å². The minimum Gasteiger partial charge on any atom is -0.328 e. The van der Waals surface area contributed by atoms with E-state index in [0.29, 0.717) is 6.04 Å². The van der Waals surface area contributed by atoms with Crippen LogP contribution in [-0.2, 0) is 0 Å². The molecule has 0 aromatic heterocycles. The van der Waals surface area contributed by atoms with Gasteiger partial charge in [0.25, 0.3) is 0 Å². The highest BCUT2D eigenvalue weighted by Gasteiger charge is 2.24. The Balaban J connectivity index is 1.71. The first-order chi connectivity index (χ1) is 7.78. The predicted octanol–water partition coefficient (Wildman–Crippen LogP) is 2.63. The van der Waals surface area contributed by atoms with Crippen LogP contribution in [0.4, 0.5) is 0 Å². The molecular formula is C14H28N2. The van der Waals surface area contributed by atoms with E-state index in [-0.39, 0.29) is 0 Å². The van der Waals surface area contributed by atoms with Crippen molar-refractivity contribution in [2.75, 3.05) is 19.6 Å². The maximum atomic E-state index is 6.06. The van der Waals surface area contributed by atoms with Crippen LogP contribution < -0.4 is 5.73 Å². The zero-order valence-electron chi connectivity index (χ0n) is 10.8. The Bertz CT molecular complexity index is 201. The Kier molecular flexibility index (Phi) is 4.66. The van der Waals surface area contributed by atoms with E-state index >= 15 is 0 Å². The summed E-state index contributed by atoms with van der Waals surface area (Å²) in [6, 6.07) is 0.487. The summed E-state index contributed by atoms with van der Waals surface area (Å²) in [6.07, 6.45) is 9.70. The largest absolute Gasteiger partial charge is 0.328 e. The summed E-state index contributed by atoms with van der Waals surface area (Å²) in [4.78, 5) is 2.67. The van der Waals surface area contributed by atoms with E-state index < -0.39 is 0 Å². The lowest BCUT2D eigenvalue weighted by Gasteiger charge is -2.35. The molecule has 0 aromatic rings. The van der Waals surface area contributed by atoms with Gasteiger partial charge in [0.05, 0.1) is 0 Å². The molecule has 0 spiro atoms. The molecule has 2 nitrogen and oxygen atoms in total. The van der Waals surface area contributed by atoms with Crippen molar-refractivity contribution in [3.05, 3.63) is 0 Å². The van der Waals surface area contributed by atoms with Gasteiger partial charge in [0.15, 0.2) is 0 Å². The standard InChI is InChI=1S/C14H28N2/c1-2-16(10-12-5-3-6-12)11-13-7-4-8-14(15)9-13/h12-14H,2-11,15H2,1H3. The third-order valence-electron chi connectivity index (χ3n) is 4.53. The topological polar surface area (TPSA) is 29.3 Å². The molecule has 2 N–H and O–H groups in total. The number of hydrogen-bond donors (Lipinski definition) is 1.